The summed E-state index contributed by atoms with van der Waals surface area (Å²) in [6, 6.07) is 11.2. The molecule has 1 saturated carbocycles. The fourth-order valence-electron chi connectivity index (χ4n) is 3.93. The first-order chi connectivity index (χ1) is 13.6. The molecular weight excluding hydrogens is 376 g/mol. The predicted molar refractivity (Wildman–Crippen MR) is 110 cm³/mol. The van der Waals surface area contributed by atoms with Crippen molar-refractivity contribution in [2.75, 3.05) is 23.3 Å². The molecule has 2 fully saturated rings. The van der Waals surface area contributed by atoms with Gasteiger partial charge in [-0.15, -0.1) is 0 Å². The Balaban J connectivity index is 1.35. The van der Waals surface area contributed by atoms with Gasteiger partial charge in [0.2, 0.25) is 5.91 Å². The number of urea groups is 1. The molecule has 146 valence electrons. The third kappa shape index (κ3) is 4.12. The van der Waals surface area contributed by atoms with Crippen LogP contribution in [0.2, 0.25) is 5.02 Å². The van der Waals surface area contributed by atoms with Gasteiger partial charge in [0.25, 0.3) is 0 Å². The summed E-state index contributed by atoms with van der Waals surface area (Å²) in [4.78, 5) is 33.0. The summed E-state index contributed by atoms with van der Waals surface area (Å²) in [6.07, 6.45) is 6.48. The van der Waals surface area contributed by atoms with Crippen LogP contribution in [-0.4, -0.2) is 41.0 Å². The molecule has 1 saturated heterocycles. The molecule has 4 rings (SSSR count). The van der Waals surface area contributed by atoms with Gasteiger partial charge in [0.05, 0.1) is 18.3 Å². The number of hydrogen-bond donors (Lipinski definition) is 1. The molecule has 7 heteroatoms. The summed E-state index contributed by atoms with van der Waals surface area (Å²) in [5.41, 5.74) is 1.50. The number of halogens is 1. The lowest BCUT2D eigenvalue weighted by atomic mass is 10.1. The maximum absolute atomic E-state index is 12.7. The lowest BCUT2D eigenvalue weighted by molar-refractivity contribution is -0.115. The van der Waals surface area contributed by atoms with Crippen molar-refractivity contribution >= 4 is 35.0 Å². The Morgan fingerprint density at radius 2 is 1.86 bits per heavy atom. The van der Waals surface area contributed by atoms with E-state index in [1.165, 1.54) is 12.8 Å². The van der Waals surface area contributed by atoms with Gasteiger partial charge in [-0.1, -0.05) is 36.6 Å². The molecule has 2 heterocycles. The topological polar surface area (TPSA) is 65.5 Å². The average molecular weight is 399 g/mol. The smallest absolute Gasteiger partial charge is 0.324 e. The number of carbonyl (C=O) groups excluding carboxylic acids is 2. The molecule has 0 atom stereocenters. The van der Waals surface area contributed by atoms with E-state index >= 15 is 0 Å². The Morgan fingerprint density at radius 1 is 1.11 bits per heavy atom. The molecule has 6 nitrogen and oxygen atoms in total. The van der Waals surface area contributed by atoms with E-state index < -0.39 is 0 Å². The number of hydrogen-bond acceptors (Lipinski definition) is 3. The van der Waals surface area contributed by atoms with Gasteiger partial charge in [0.15, 0.2) is 0 Å². The third-order valence-electron chi connectivity index (χ3n) is 5.39. The Hall–Kier alpha value is -2.60. The van der Waals surface area contributed by atoms with Crippen molar-refractivity contribution in [3.05, 3.63) is 53.2 Å². The molecule has 1 aliphatic carbocycles. The summed E-state index contributed by atoms with van der Waals surface area (Å²) in [5, 5.41) is 3.48. The molecule has 1 aromatic carbocycles. The summed E-state index contributed by atoms with van der Waals surface area (Å²) in [5.74, 6) is 0.503. The van der Waals surface area contributed by atoms with Crippen LogP contribution < -0.4 is 10.2 Å². The fourth-order valence-corrected chi connectivity index (χ4v) is 4.06. The van der Waals surface area contributed by atoms with Gasteiger partial charge < -0.3 is 10.2 Å². The Labute approximate surface area is 169 Å². The second-order valence-corrected chi connectivity index (χ2v) is 7.76. The van der Waals surface area contributed by atoms with Gasteiger partial charge in [-0.2, -0.15) is 0 Å². The van der Waals surface area contributed by atoms with Crippen LogP contribution in [0.1, 0.15) is 31.2 Å². The third-order valence-corrected chi connectivity index (χ3v) is 5.64. The largest absolute Gasteiger partial charge is 0.326 e. The van der Waals surface area contributed by atoms with Gasteiger partial charge >= 0.3 is 6.03 Å². The van der Waals surface area contributed by atoms with Crippen LogP contribution in [0.3, 0.4) is 0 Å². The molecule has 3 amide bonds. The maximum atomic E-state index is 12.7. The van der Waals surface area contributed by atoms with Gasteiger partial charge in [-0.3, -0.25) is 9.69 Å². The van der Waals surface area contributed by atoms with Crippen molar-refractivity contribution in [3.63, 3.8) is 0 Å². The summed E-state index contributed by atoms with van der Waals surface area (Å²) >= 11 is 5.86. The van der Waals surface area contributed by atoms with Crippen LogP contribution in [0.25, 0.3) is 0 Å². The standard InChI is InChI=1S/C21H23ClN4O2/c22-16-7-5-15(6-8-16)13-20(27)24-17-9-10-19(23-14-17)26-12-11-25(21(26)28)18-3-1-2-4-18/h5-10,14,18H,1-4,11-13H2,(H,24,27). The highest BCUT2D eigenvalue weighted by molar-refractivity contribution is 6.30. The van der Waals surface area contributed by atoms with Gasteiger partial charge in [0.1, 0.15) is 5.82 Å². The zero-order chi connectivity index (χ0) is 19.5. The van der Waals surface area contributed by atoms with Gasteiger partial charge in [0, 0.05) is 24.2 Å². The number of benzene rings is 1. The Bertz CT molecular complexity index is 848. The number of anilines is 2. The van der Waals surface area contributed by atoms with E-state index in [-0.39, 0.29) is 18.4 Å². The van der Waals surface area contributed by atoms with Crippen LogP contribution in [0, 0.1) is 0 Å². The minimum absolute atomic E-state index is 0.0407. The first-order valence-electron chi connectivity index (χ1n) is 9.68. The van der Waals surface area contributed by atoms with Crippen molar-refractivity contribution in [2.45, 2.75) is 38.1 Å². The SMILES string of the molecule is O=C(Cc1ccc(Cl)cc1)Nc1ccc(N2CCN(C3CCCC3)C2=O)nc1. The average Bonchev–Trinajstić information content (AvgIpc) is 3.34. The highest BCUT2D eigenvalue weighted by Gasteiger charge is 2.36. The number of nitrogens with zero attached hydrogens (tertiary/aromatic N) is 3. The maximum Gasteiger partial charge on any atom is 0.326 e. The predicted octanol–water partition coefficient (Wildman–Crippen LogP) is 4.10. The molecule has 0 radical (unpaired) electrons. The molecule has 1 aliphatic heterocycles. The van der Waals surface area contributed by atoms with E-state index in [0.29, 0.717) is 29.1 Å². The van der Waals surface area contributed by atoms with E-state index in [4.69, 9.17) is 11.6 Å². The molecule has 1 aromatic heterocycles. The van der Waals surface area contributed by atoms with Gasteiger partial charge in [-0.05, 0) is 42.7 Å². The number of rotatable bonds is 5. The number of carbonyl (C=O) groups is 2. The molecule has 28 heavy (non-hydrogen) atoms. The van der Waals surface area contributed by atoms with Crippen LogP contribution >= 0.6 is 11.6 Å². The minimum Gasteiger partial charge on any atom is -0.324 e. The van der Waals surface area contributed by atoms with Crippen molar-refractivity contribution in [1.82, 2.24) is 9.88 Å². The second kappa shape index (κ2) is 8.19. The summed E-state index contributed by atoms with van der Waals surface area (Å²) in [7, 11) is 0. The van der Waals surface area contributed by atoms with E-state index in [2.05, 4.69) is 10.3 Å². The number of aromatic nitrogens is 1. The van der Waals surface area contributed by atoms with Crippen molar-refractivity contribution in [2.24, 2.45) is 0 Å². The lowest BCUT2D eigenvalue weighted by Crippen LogP contribution is -2.38. The number of amides is 3. The number of nitrogens with one attached hydrogen (secondary N) is 1. The highest BCUT2D eigenvalue weighted by atomic mass is 35.5. The highest BCUT2D eigenvalue weighted by Crippen LogP contribution is 2.28. The normalized spacial score (nSPS) is 17.4. The molecular formula is C21H23ClN4O2. The Kier molecular flexibility index (Phi) is 5.48. The minimum atomic E-state index is -0.124. The van der Waals surface area contributed by atoms with Gasteiger partial charge in [-0.25, -0.2) is 9.78 Å². The van der Waals surface area contributed by atoms with E-state index in [0.717, 1.165) is 24.9 Å². The van der Waals surface area contributed by atoms with Crippen molar-refractivity contribution in [3.8, 4) is 0 Å². The van der Waals surface area contributed by atoms with E-state index in [9.17, 15) is 9.59 Å². The monoisotopic (exact) mass is 398 g/mol. The van der Waals surface area contributed by atoms with Crippen molar-refractivity contribution < 1.29 is 9.59 Å². The fraction of sp³-hybridized carbons (Fsp3) is 0.381. The molecule has 0 spiro atoms. The molecule has 0 unspecified atom stereocenters. The zero-order valence-corrected chi connectivity index (χ0v) is 16.4. The van der Waals surface area contributed by atoms with Crippen molar-refractivity contribution in [1.29, 1.82) is 0 Å². The molecule has 2 aliphatic rings. The first-order valence-corrected chi connectivity index (χ1v) is 10.1. The van der Waals surface area contributed by atoms with E-state index in [1.807, 2.05) is 17.0 Å². The second-order valence-electron chi connectivity index (χ2n) is 7.32. The first kappa shape index (κ1) is 18.7. The van der Waals surface area contributed by atoms with Crippen LogP contribution in [0.5, 0.6) is 0 Å². The zero-order valence-electron chi connectivity index (χ0n) is 15.6. The summed E-state index contributed by atoms with van der Waals surface area (Å²) in [6.45, 7) is 1.41. The Morgan fingerprint density at radius 3 is 2.54 bits per heavy atom. The van der Waals surface area contributed by atoms with E-state index in [1.54, 1.807) is 35.4 Å². The quantitative estimate of drug-likeness (QED) is 0.824. The van der Waals surface area contributed by atoms with Crippen LogP contribution in [0.15, 0.2) is 42.6 Å². The summed E-state index contributed by atoms with van der Waals surface area (Å²) < 4.78 is 0. The molecule has 2 aromatic rings. The lowest BCUT2D eigenvalue weighted by Gasteiger charge is -2.23. The molecule has 0 bridgehead atoms. The van der Waals surface area contributed by atoms with Crippen LogP contribution in [0.4, 0.5) is 16.3 Å². The van der Waals surface area contributed by atoms with Crippen LogP contribution in [-0.2, 0) is 11.2 Å². The molecule has 1 N–H and O–H groups in total. The number of pyridine rings is 1.